The van der Waals surface area contributed by atoms with Crippen molar-refractivity contribution in [3.05, 3.63) is 77.3 Å². The molecule has 0 aliphatic rings. The Hall–Kier alpha value is -2.60. The Morgan fingerprint density at radius 1 is 1.22 bits per heavy atom. The number of hydrogen-bond acceptors (Lipinski definition) is 5. The molecule has 0 spiro atoms. The van der Waals surface area contributed by atoms with Crippen LogP contribution in [0.5, 0.6) is 0 Å². The highest BCUT2D eigenvalue weighted by molar-refractivity contribution is 7.98. The van der Waals surface area contributed by atoms with Crippen LogP contribution < -0.4 is 5.32 Å². The number of aryl methyl sites for hydroxylation is 1. The first kappa shape index (κ1) is 19.2. The van der Waals surface area contributed by atoms with E-state index in [1.54, 1.807) is 12.3 Å². The summed E-state index contributed by atoms with van der Waals surface area (Å²) < 4.78 is 5.09. The monoisotopic (exact) mass is 381 g/mol. The second-order valence-electron chi connectivity index (χ2n) is 6.30. The van der Waals surface area contributed by atoms with E-state index in [9.17, 15) is 4.79 Å². The Morgan fingerprint density at radius 3 is 2.74 bits per heavy atom. The van der Waals surface area contributed by atoms with Crippen LogP contribution in [0.15, 0.2) is 64.3 Å². The summed E-state index contributed by atoms with van der Waals surface area (Å²) in [7, 11) is 0. The van der Waals surface area contributed by atoms with Gasteiger partial charge < -0.3 is 9.84 Å². The molecule has 0 saturated heterocycles. The van der Waals surface area contributed by atoms with E-state index in [2.05, 4.69) is 34.5 Å². The molecule has 0 bridgehead atoms. The van der Waals surface area contributed by atoms with Crippen molar-refractivity contribution in [1.29, 1.82) is 0 Å². The molecule has 140 valence electrons. The summed E-state index contributed by atoms with van der Waals surface area (Å²) in [6, 6.07) is 15.8. The number of hydrogen-bond donors (Lipinski definition) is 1. The van der Waals surface area contributed by atoms with Gasteiger partial charge in [-0.2, -0.15) is 0 Å². The summed E-state index contributed by atoms with van der Waals surface area (Å²) in [5.74, 6) is 1.57. The molecule has 2 aromatic heterocycles. The van der Waals surface area contributed by atoms with Crippen LogP contribution in [0.2, 0.25) is 0 Å². The average molecular weight is 382 g/mol. The number of aromatic nitrogens is 2. The highest BCUT2D eigenvalue weighted by Crippen LogP contribution is 2.24. The Labute approximate surface area is 163 Å². The second kappa shape index (κ2) is 9.37. The molecule has 1 atom stereocenters. The topological polar surface area (TPSA) is 68.0 Å². The van der Waals surface area contributed by atoms with Gasteiger partial charge in [-0.1, -0.05) is 54.2 Å². The molecule has 0 saturated carbocycles. The third-order valence-corrected chi connectivity index (χ3v) is 5.36. The summed E-state index contributed by atoms with van der Waals surface area (Å²) in [5, 5.41) is 7.75. The van der Waals surface area contributed by atoms with Crippen LogP contribution in [0.4, 0.5) is 0 Å². The largest absolute Gasteiger partial charge is 0.361 e. The molecule has 0 radical (unpaired) electrons. The van der Waals surface area contributed by atoms with Gasteiger partial charge in [0, 0.05) is 30.5 Å². The Kier molecular flexibility index (Phi) is 6.65. The quantitative estimate of drug-likeness (QED) is 0.578. The zero-order valence-electron chi connectivity index (χ0n) is 15.5. The number of nitrogens with zero attached hydrogens (tertiary/aromatic N) is 2. The maximum absolute atomic E-state index is 12.7. The summed E-state index contributed by atoms with van der Waals surface area (Å²) in [6.45, 7) is 4.59. The van der Waals surface area contributed by atoms with Gasteiger partial charge in [0.1, 0.15) is 10.8 Å². The molecule has 3 rings (SSSR count). The van der Waals surface area contributed by atoms with Crippen molar-refractivity contribution < 1.29 is 9.32 Å². The molecule has 1 N–H and O–H groups in total. The zero-order chi connectivity index (χ0) is 19.1. The number of pyridine rings is 1. The molecule has 1 amide bonds. The standard InChI is InChI=1S/C21H23N3O2S/c1-3-16(17-8-5-4-6-9-17)13-23-20(25)19-10-7-11-22-21(19)27-14-18-12-15(2)26-24-18/h4-12,16H,3,13-14H2,1-2H3,(H,23,25)/t16-/m1/s1. The molecule has 6 heteroatoms. The molecule has 3 aromatic rings. The van der Waals surface area contributed by atoms with E-state index in [0.717, 1.165) is 17.9 Å². The molecule has 0 fully saturated rings. The number of carbonyl (C=O) groups excluding carboxylic acids is 1. The normalized spacial score (nSPS) is 11.9. The maximum atomic E-state index is 12.7. The minimum absolute atomic E-state index is 0.101. The molecule has 0 aliphatic carbocycles. The molecule has 2 heterocycles. The summed E-state index contributed by atoms with van der Waals surface area (Å²) in [4.78, 5) is 17.1. The van der Waals surface area contributed by atoms with Crippen molar-refractivity contribution >= 4 is 17.7 Å². The Balaban J connectivity index is 1.64. The summed E-state index contributed by atoms with van der Waals surface area (Å²) in [5.41, 5.74) is 2.66. The first-order valence-corrected chi connectivity index (χ1v) is 9.99. The lowest BCUT2D eigenvalue weighted by Gasteiger charge is -2.16. The van der Waals surface area contributed by atoms with E-state index in [0.29, 0.717) is 28.8 Å². The van der Waals surface area contributed by atoms with Crippen LogP contribution in [0.25, 0.3) is 0 Å². The first-order valence-electron chi connectivity index (χ1n) is 9.00. The predicted octanol–water partition coefficient (Wildman–Crippen LogP) is 4.59. The fourth-order valence-electron chi connectivity index (χ4n) is 2.84. The number of carbonyl (C=O) groups is 1. The van der Waals surface area contributed by atoms with Crippen molar-refractivity contribution in [2.24, 2.45) is 0 Å². The molecule has 0 aliphatic heterocycles. The maximum Gasteiger partial charge on any atom is 0.254 e. The Bertz CT molecular complexity index is 880. The third-order valence-electron chi connectivity index (χ3n) is 4.32. The van der Waals surface area contributed by atoms with Crippen LogP contribution in [0.3, 0.4) is 0 Å². The fraction of sp³-hybridized carbons (Fsp3) is 0.286. The number of rotatable bonds is 8. The smallest absolute Gasteiger partial charge is 0.254 e. The van der Waals surface area contributed by atoms with E-state index in [4.69, 9.17) is 4.52 Å². The van der Waals surface area contributed by atoms with Crippen LogP contribution >= 0.6 is 11.8 Å². The minimum Gasteiger partial charge on any atom is -0.361 e. The van der Waals surface area contributed by atoms with E-state index >= 15 is 0 Å². The van der Waals surface area contributed by atoms with Crippen LogP contribution in [0.1, 0.15) is 46.6 Å². The van der Waals surface area contributed by atoms with Gasteiger partial charge in [-0.3, -0.25) is 4.79 Å². The van der Waals surface area contributed by atoms with Gasteiger partial charge in [-0.05, 0) is 31.0 Å². The first-order chi connectivity index (χ1) is 13.2. The average Bonchev–Trinajstić information content (AvgIpc) is 3.13. The molecular weight excluding hydrogens is 358 g/mol. The zero-order valence-corrected chi connectivity index (χ0v) is 16.3. The van der Waals surface area contributed by atoms with Crippen molar-refractivity contribution in [2.75, 3.05) is 6.54 Å². The van der Waals surface area contributed by atoms with Crippen LogP contribution in [0, 0.1) is 6.92 Å². The van der Waals surface area contributed by atoms with E-state index in [1.165, 1.54) is 17.3 Å². The highest BCUT2D eigenvalue weighted by atomic mass is 32.2. The lowest BCUT2D eigenvalue weighted by Crippen LogP contribution is -2.28. The van der Waals surface area contributed by atoms with Gasteiger partial charge in [0.05, 0.1) is 11.3 Å². The van der Waals surface area contributed by atoms with Crippen molar-refractivity contribution in [3.63, 3.8) is 0 Å². The summed E-state index contributed by atoms with van der Waals surface area (Å²) >= 11 is 1.48. The third kappa shape index (κ3) is 5.20. The minimum atomic E-state index is -0.101. The molecule has 1 aromatic carbocycles. The Morgan fingerprint density at radius 2 is 2.04 bits per heavy atom. The van der Waals surface area contributed by atoms with E-state index < -0.39 is 0 Å². The number of nitrogens with one attached hydrogen (secondary N) is 1. The van der Waals surface area contributed by atoms with Gasteiger partial charge >= 0.3 is 0 Å². The highest BCUT2D eigenvalue weighted by Gasteiger charge is 2.16. The lowest BCUT2D eigenvalue weighted by atomic mass is 9.96. The SMILES string of the molecule is CC[C@H](CNC(=O)c1cccnc1SCc1cc(C)on1)c1ccccc1. The van der Waals surface area contributed by atoms with Crippen LogP contribution in [-0.4, -0.2) is 22.6 Å². The molecule has 0 unspecified atom stereocenters. The van der Waals surface area contributed by atoms with Crippen molar-refractivity contribution in [2.45, 2.75) is 37.0 Å². The number of amides is 1. The molecular formula is C21H23N3O2S. The number of thioether (sulfide) groups is 1. The van der Waals surface area contributed by atoms with Crippen molar-refractivity contribution in [1.82, 2.24) is 15.5 Å². The second-order valence-corrected chi connectivity index (χ2v) is 7.26. The summed E-state index contributed by atoms with van der Waals surface area (Å²) in [6.07, 6.45) is 2.66. The van der Waals surface area contributed by atoms with Gasteiger partial charge in [-0.25, -0.2) is 4.98 Å². The molecule has 27 heavy (non-hydrogen) atoms. The van der Waals surface area contributed by atoms with E-state index in [1.807, 2.05) is 37.3 Å². The predicted molar refractivity (Wildman–Crippen MR) is 107 cm³/mol. The van der Waals surface area contributed by atoms with Gasteiger partial charge in [-0.15, -0.1) is 0 Å². The fourth-order valence-corrected chi connectivity index (χ4v) is 3.71. The molecule has 5 nitrogen and oxygen atoms in total. The van der Waals surface area contributed by atoms with Gasteiger partial charge in [0.15, 0.2) is 0 Å². The lowest BCUT2D eigenvalue weighted by molar-refractivity contribution is 0.0947. The van der Waals surface area contributed by atoms with Crippen LogP contribution in [-0.2, 0) is 5.75 Å². The number of benzene rings is 1. The van der Waals surface area contributed by atoms with E-state index in [-0.39, 0.29) is 5.91 Å². The van der Waals surface area contributed by atoms with Gasteiger partial charge in [0.25, 0.3) is 5.91 Å². The van der Waals surface area contributed by atoms with Gasteiger partial charge in [0.2, 0.25) is 0 Å². The van der Waals surface area contributed by atoms with Crippen molar-refractivity contribution in [3.8, 4) is 0 Å².